The highest BCUT2D eigenvalue weighted by Gasteiger charge is 2.24. The summed E-state index contributed by atoms with van der Waals surface area (Å²) in [4.78, 5) is 11.9. The van der Waals surface area contributed by atoms with Gasteiger partial charge in [0.15, 0.2) is 5.69 Å². The van der Waals surface area contributed by atoms with Gasteiger partial charge in [-0.3, -0.25) is 0 Å². The largest absolute Gasteiger partial charge is 0.464 e. The Balaban J connectivity index is 2.82. The number of rotatable bonds is 2. The third kappa shape index (κ3) is 2.58. The van der Waals surface area contributed by atoms with Gasteiger partial charge in [0.1, 0.15) is 11.9 Å². The van der Waals surface area contributed by atoms with E-state index < -0.39 is 11.8 Å². The lowest BCUT2D eigenvalue weighted by Crippen LogP contribution is -2.13. The first-order valence-corrected chi connectivity index (χ1v) is 6.93. The maximum atomic E-state index is 14.3. The van der Waals surface area contributed by atoms with Gasteiger partial charge in [-0.25, -0.2) is 9.18 Å². The summed E-state index contributed by atoms with van der Waals surface area (Å²) in [6, 6.07) is 4.99. The minimum Gasteiger partial charge on any atom is -0.464 e. The molecule has 0 atom stereocenters. The van der Waals surface area contributed by atoms with E-state index in [-0.39, 0.29) is 22.6 Å². The van der Waals surface area contributed by atoms with E-state index in [0.717, 1.165) is 5.56 Å². The third-order valence-corrected chi connectivity index (χ3v) is 3.77. The number of carbonyl (C=O) groups excluding carboxylic acids is 1. The van der Waals surface area contributed by atoms with Gasteiger partial charge in [-0.15, -0.1) is 0 Å². The van der Waals surface area contributed by atoms with E-state index in [1.165, 1.54) is 23.9 Å². The molecule has 2 N–H and O–H groups in total. The number of nitrogen functional groups attached to an aromatic ring is 1. The lowest BCUT2D eigenvalue weighted by molar-refractivity contribution is 0.0593. The van der Waals surface area contributed by atoms with Crippen LogP contribution in [0.5, 0.6) is 0 Å². The van der Waals surface area contributed by atoms with Crippen LogP contribution in [0, 0.1) is 27.6 Å². The van der Waals surface area contributed by atoms with Crippen LogP contribution >= 0.6 is 22.6 Å². The van der Waals surface area contributed by atoms with E-state index in [4.69, 9.17) is 11.0 Å². The van der Waals surface area contributed by atoms with Crippen LogP contribution in [0.1, 0.15) is 21.6 Å². The first kappa shape index (κ1) is 15.3. The molecule has 0 saturated heterocycles. The number of carbonyl (C=O) groups is 1. The molecule has 21 heavy (non-hydrogen) atoms. The number of methoxy groups -OCH3 is 1. The molecule has 1 aromatic heterocycles. The molecule has 2 aromatic rings. The summed E-state index contributed by atoms with van der Waals surface area (Å²) in [5, 5.41) is 9.05. The summed E-state index contributed by atoms with van der Waals surface area (Å²) < 4.78 is 20.8. The monoisotopic (exact) mass is 399 g/mol. The second kappa shape index (κ2) is 5.73. The highest BCUT2D eigenvalue weighted by atomic mass is 127. The van der Waals surface area contributed by atoms with Gasteiger partial charge in [-0.05, 0) is 47.2 Å². The number of nitrogens with zero attached hydrogens (tertiary/aromatic N) is 2. The van der Waals surface area contributed by atoms with Crippen LogP contribution in [-0.4, -0.2) is 17.6 Å². The maximum absolute atomic E-state index is 14.3. The van der Waals surface area contributed by atoms with Crippen molar-refractivity contribution in [2.24, 2.45) is 0 Å². The predicted molar refractivity (Wildman–Crippen MR) is 83.6 cm³/mol. The van der Waals surface area contributed by atoms with Gasteiger partial charge in [0.25, 0.3) is 0 Å². The van der Waals surface area contributed by atoms with Crippen molar-refractivity contribution in [2.45, 2.75) is 6.92 Å². The van der Waals surface area contributed by atoms with Crippen molar-refractivity contribution in [1.29, 1.82) is 5.26 Å². The number of anilines is 1. The Morgan fingerprint density at radius 3 is 2.71 bits per heavy atom. The number of esters is 1. The zero-order valence-electron chi connectivity index (χ0n) is 11.3. The fraction of sp³-hybridized carbons (Fsp3) is 0.143. The summed E-state index contributed by atoms with van der Waals surface area (Å²) >= 11 is 1.96. The molecule has 108 valence electrons. The molecule has 1 heterocycles. The molecule has 0 aliphatic heterocycles. The van der Waals surface area contributed by atoms with Gasteiger partial charge in [-0.1, -0.05) is 0 Å². The molecule has 5 nitrogen and oxygen atoms in total. The first-order valence-electron chi connectivity index (χ1n) is 5.86. The fourth-order valence-corrected chi connectivity index (χ4v) is 3.02. The SMILES string of the molecule is COC(=O)c1c(N)c(C#N)cn1-c1c(F)cc(C)cc1I. The molecule has 2 rings (SSSR count). The van der Waals surface area contributed by atoms with E-state index >= 15 is 0 Å². The minimum atomic E-state index is -0.732. The average molecular weight is 399 g/mol. The molecule has 0 spiro atoms. The quantitative estimate of drug-likeness (QED) is 0.622. The van der Waals surface area contributed by atoms with E-state index in [1.54, 1.807) is 13.0 Å². The second-order valence-electron chi connectivity index (χ2n) is 4.36. The van der Waals surface area contributed by atoms with E-state index in [1.807, 2.05) is 28.7 Å². The van der Waals surface area contributed by atoms with Crippen molar-refractivity contribution in [1.82, 2.24) is 4.57 Å². The number of aryl methyl sites for hydroxylation is 1. The van der Waals surface area contributed by atoms with Crippen LogP contribution in [0.15, 0.2) is 18.3 Å². The summed E-state index contributed by atoms with van der Waals surface area (Å²) in [6.07, 6.45) is 1.33. The lowest BCUT2D eigenvalue weighted by Gasteiger charge is -2.12. The van der Waals surface area contributed by atoms with Crippen LogP contribution in [0.3, 0.4) is 0 Å². The highest BCUT2D eigenvalue weighted by molar-refractivity contribution is 14.1. The zero-order chi connectivity index (χ0) is 15.7. The Hall–Kier alpha value is -2.08. The molecular formula is C14H11FIN3O2. The Bertz CT molecular complexity index is 754. The van der Waals surface area contributed by atoms with Gasteiger partial charge >= 0.3 is 5.97 Å². The van der Waals surface area contributed by atoms with Crippen molar-refractivity contribution in [3.05, 3.63) is 44.5 Å². The zero-order valence-corrected chi connectivity index (χ0v) is 13.4. The number of nitriles is 1. The predicted octanol–water partition coefficient (Wildman–Crippen LogP) is 2.77. The van der Waals surface area contributed by atoms with Crippen LogP contribution in [0.4, 0.5) is 10.1 Å². The summed E-state index contributed by atoms with van der Waals surface area (Å²) in [5.41, 5.74) is 6.70. The lowest BCUT2D eigenvalue weighted by atomic mass is 10.2. The Labute approximate surface area is 134 Å². The summed E-state index contributed by atoms with van der Waals surface area (Å²) in [7, 11) is 1.20. The van der Waals surface area contributed by atoms with E-state index in [9.17, 15) is 9.18 Å². The van der Waals surface area contributed by atoms with Gasteiger partial charge in [-0.2, -0.15) is 5.26 Å². The normalized spacial score (nSPS) is 10.2. The van der Waals surface area contributed by atoms with Crippen LogP contribution in [-0.2, 0) is 4.74 Å². The number of aromatic nitrogens is 1. The highest BCUT2D eigenvalue weighted by Crippen LogP contribution is 2.29. The van der Waals surface area contributed by atoms with Crippen molar-refractivity contribution >= 4 is 34.2 Å². The molecule has 0 aliphatic carbocycles. The third-order valence-electron chi connectivity index (χ3n) is 2.95. The van der Waals surface area contributed by atoms with Crippen LogP contribution < -0.4 is 5.73 Å². The van der Waals surface area contributed by atoms with Crippen molar-refractivity contribution in [3.63, 3.8) is 0 Å². The van der Waals surface area contributed by atoms with Crippen LogP contribution in [0.25, 0.3) is 5.69 Å². The van der Waals surface area contributed by atoms with E-state index in [2.05, 4.69) is 4.74 Å². The van der Waals surface area contributed by atoms with Gasteiger partial charge < -0.3 is 15.0 Å². The molecule has 0 amide bonds. The number of halogens is 2. The van der Waals surface area contributed by atoms with Gasteiger partial charge in [0.05, 0.1) is 24.0 Å². The average Bonchev–Trinajstić information content (AvgIpc) is 2.73. The maximum Gasteiger partial charge on any atom is 0.357 e. The summed E-state index contributed by atoms with van der Waals surface area (Å²) in [6.45, 7) is 1.76. The topological polar surface area (TPSA) is 81.0 Å². The molecule has 0 fully saturated rings. The van der Waals surface area contributed by atoms with Gasteiger partial charge in [0, 0.05) is 9.77 Å². The number of hydrogen-bond acceptors (Lipinski definition) is 4. The minimum absolute atomic E-state index is 0.0277. The smallest absolute Gasteiger partial charge is 0.357 e. The van der Waals surface area contributed by atoms with Crippen LogP contribution in [0.2, 0.25) is 0 Å². The van der Waals surface area contributed by atoms with E-state index in [0.29, 0.717) is 3.57 Å². The Kier molecular flexibility index (Phi) is 4.18. The Morgan fingerprint density at radius 1 is 1.52 bits per heavy atom. The number of nitrogens with two attached hydrogens (primary N) is 1. The van der Waals surface area contributed by atoms with Crippen molar-refractivity contribution in [3.8, 4) is 11.8 Å². The first-order chi connectivity index (χ1) is 9.90. The molecule has 0 radical (unpaired) electrons. The van der Waals surface area contributed by atoms with Crippen molar-refractivity contribution < 1.29 is 13.9 Å². The molecule has 0 aliphatic rings. The number of benzene rings is 1. The standard InChI is InChI=1S/C14H11FIN3O2/c1-7-3-9(15)12(10(16)4-7)19-6-8(5-17)11(18)13(19)14(20)21-2/h3-4,6H,18H2,1-2H3. The molecule has 1 aromatic carbocycles. The number of ether oxygens (including phenoxy) is 1. The fourth-order valence-electron chi connectivity index (χ4n) is 2.01. The van der Waals surface area contributed by atoms with Crippen molar-refractivity contribution in [2.75, 3.05) is 12.8 Å². The molecule has 0 unspecified atom stereocenters. The Morgan fingerprint density at radius 2 is 2.19 bits per heavy atom. The molecule has 0 saturated carbocycles. The number of hydrogen-bond donors (Lipinski definition) is 1. The van der Waals surface area contributed by atoms with Gasteiger partial charge in [0.2, 0.25) is 0 Å². The molecule has 0 bridgehead atoms. The molecular weight excluding hydrogens is 388 g/mol. The molecule has 7 heteroatoms. The second-order valence-corrected chi connectivity index (χ2v) is 5.52. The summed E-state index contributed by atoms with van der Waals surface area (Å²) in [5.74, 6) is -1.24.